The van der Waals surface area contributed by atoms with Crippen LogP contribution in [-0.4, -0.2) is 115 Å². The van der Waals surface area contributed by atoms with Crippen molar-refractivity contribution in [3.63, 3.8) is 0 Å². The second kappa shape index (κ2) is 23.4. The Hall–Kier alpha value is -5.19. The average Bonchev–Trinajstić information content (AvgIpc) is 4.18. The van der Waals surface area contributed by atoms with Crippen LogP contribution in [0.2, 0.25) is 10.0 Å². The summed E-state index contributed by atoms with van der Waals surface area (Å²) >= 11 is 15.4. The molecular formula is C50H54Cl2N10O10S4. The first kappa shape index (κ1) is 55.6. The molecule has 0 unspecified atom stereocenters. The Balaban J connectivity index is 0.000000186. The molecule has 2 aromatic carbocycles. The molecule has 20 nitrogen and oxygen atoms in total. The minimum atomic E-state index is -4.10. The number of nitrogens with zero attached hydrogens (tertiary/aromatic N) is 5. The summed E-state index contributed by atoms with van der Waals surface area (Å²) in [4.78, 5) is 51.8. The maximum absolute atomic E-state index is 13.6. The summed E-state index contributed by atoms with van der Waals surface area (Å²) in [6.45, 7) is 5.02. The van der Waals surface area contributed by atoms with Crippen LogP contribution in [0.25, 0.3) is 0 Å². The van der Waals surface area contributed by atoms with Crippen LogP contribution in [0, 0.1) is 25.7 Å². The van der Waals surface area contributed by atoms with Crippen LogP contribution in [0.15, 0.2) is 78.6 Å². The van der Waals surface area contributed by atoms with Crippen LogP contribution >= 0.6 is 45.9 Å². The number of carbonyl (C=O) groups is 2. The van der Waals surface area contributed by atoms with Gasteiger partial charge in [0.1, 0.15) is 24.3 Å². The zero-order valence-corrected chi connectivity index (χ0v) is 45.8. The van der Waals surface area contributed by atoms with Crippen LogP contribution in [0.3, 0.4) is 0 Å². The van der Waals surface area contributed by atoms with E-state index in [9.17, 15) is 36.6 Å². The Morgan fingerprint density at radius 3 is 1.83 bits per heavy atom. The van der Waals surface area contributed by atoms with Gasteiger partial charge in [0.15, 0.2) is 0 Å². The number of anilines is 2. The molecule has 0 saturated heterocycles. The zero-order chi connectivity index (χ0) is 54.1. The van der Waals surface area contributed by atoms with E-state index >= 15 is 0 Å². The van der Waals surface area contributed by atoms with Gasteiger partial charge in [0, 0.05) is 80.3 Å². The van der Waals surface area contributed by atoms with Crippen LogP contribution in [0.1, 0.15) is 105 Å². The van der Waals surface area contributed by atoms with Crippen LogP contribution in [-0.2, 0) is 41.8 Å². The SMILES string of the molecule is Cc1sc(C(=O)c2cncnc2N[C@@H]2C[C@H](COS(N)(=O)=O)[C@@H](O)C2)cc1C1=NCCc2ccc(Cl)cc21.Cc1sc(C(=O)c2cncnc2N[C@@H]2C[C@H](COS(N)(=O)=O)[C@@H](O)C2)cc1[C@@H]1NCCc2ccc(Cl)cc21. The summed E-state index contributed by atoms with van der Waals surface area (Å²) in [6.07, 6.45) is 7.34. The number of carbonyl (C=O) groups excluding carboxylic acids is 2. The zero-order valence-electron chi connectivity index (χ0n) is 41.0. The van der Waals surface area contributed by atoms with Crippen molar-refractivity contribution in [2.24, 2.45) is 27.1 Å². The topological polar surface area (TPSA) is 313 Å². The highest BCUT2D eigenvalue weighted by Gasteiger charge is 2.37. The van der Waals surface area contributed by atoms with Gasteiger partial charge in [0.25, 0.3) is 0 Å². The van der Waals surface area contributed by atoms with Gasteiger partial charge in [-0.25, -0.2) is 30.2 Å². The first-order valence-corrected chi connectivity index (χ1v) is 29.5. The molecule has 4 aromatic heterocycles. The summed E-state index contributed by atoms with van der Waals surface area (Å²) < 4.78 is 53.8. The summed E-state index contributed by atoms with van der Waals surface area (Å²) in [5.74, 6) is -0.591. The fourth-order valence-electron chi connectivity index (χ4n) is 10.2. The number of nitrogens with one attached hydrogen (secondary N) is 3. The number of nitrogens with two attached hydrogens (primary N) is 2. The molecule has 2 aliphatic carbocycles. The van der Waals surface area contributed by atoms with Gasteiger partial charge in [-0.1, -0.05) is 35.3 Å². The molecule has 2 saturated carbocycles. The number of hydrogen-bond donors (Lipinski definition) is 7. The van der Waals surface area contributed by atoms with Crippen molar-refractivity contribution >= 4 is 95.4 Å². The third kappa shape index (κ3) is 13.2. The largest absolute Gasteiger partial charge is 0.393 e. The number of thiophene rings is 2. The normalized spacial score (nSPS) is 22.2. The first-order valence-electron chi connectivity index (χ1n) is 24.2. The summed E-state index contributed by atoms with van der Waals surface area (Å²) in [5.41, 5.74) is 7.89. The van der Waals surface area contributed by atoms with Crippen molar-refractivity contribution in [3.8, 4) is 0 Å². The number of aromatic nitrogens is 4. The molecule has 402 valence electrons. The lowest BCUT2D eigenvalue weighted by Crippen LogP contribution is -2.30. The van der Waals surface area contributed by atoms with Crippen molar-refractivity contribution in [3.05, 3.63) is 148 Å². The number of fused-ring (bicyclic) bond motifs is 2. The Bertz CT molecular complexity index is 3430. The lowest BCUT2D eigenvalue weighted by molar-refractivity contribution is 0.100. The summed E-state index contributed by atoms with van der Waals surface area (Å²) in [7, 11) is -8.19. The Labute approximate surface area is 457 Å². The van der Waals surface area contributed by atoms with E-state index in [0.717, 1.165) is 57.1 Å². The monoisotopic (exact) mass is 1150 g/mol. The first-order chi connectivity index (χ1) is 36.2. The van der Waals surface area contributed by atoms with Gasteiger partial charge in [0.2, 0.25) is 11.6 Å². The van der Waals surface area contributed by atoms with E-state index in [1.807, 2.05) is 56.3 Å². The molecule has 6 heterocycles. The third-order valence-corrected chi connectivity index (χ3v) is 17.3. The molecule has 7 atom stereocenters. The fraction of sp³-hybridized carbons (Fsp3) is 0.380. The average molecular weight is 1150 g/mol. The Morgan fingerprint density at radius 2 is 1.25 bits per heavy atom. The van der Waals surface area contributed by atoms with E-state index in [1.165, 1.54) is 58.8 Å². The highest BCUT2D eigenvalue weighted by molar-refractivity contribution is 7.84. The Kier molecular flexibility index (Phi) is 17.1. The molecule has 9 N–H and O–H groups in total. The van der Waals surface area contributed by atoms with E-state index in [1.54, 1.807) is 0 Å². The van der Waals surface area contributed by atoms with Crippen molar-refractivity contribution in [1.82, 2.24) is 25.3 Å². The second-order valence-electron chi connectivity index (χ2n) is 19.0. The number of halogens is 2. The number of benzene rings is 2. The van der Waals surface area contributed by atoms with Gasteiger partial charge in [-0.15, -0.1) is 22.7 Å². The lowest BCUT2D eigenvalue weighted by Gasteiger charge is -2.27. The van der Waals surface area contributed by atoms with E-state index in [-0.39, 0.29) is 42.9 Å². The molecule has 2 aliphatic heterocycles. The molecule has 0 spiro atoms. The minimum absolute atomic E-state index is 0.0590. The number of ketones is 2. The summed E-state index contributed by atoms with van der Waals surface area (Å²) in [6, 6.07) is 15.0. The molecule has 0 radical (unpaired) electrons. The van der Waals surface area contributed by atoms with Crippen molar-refractivity contribution in [2.45, 2.75) is 82.7 Å². The maximum Gasteiger partial charge on any atom is 0.333 e. The molecule has 76 heavy (non-hydrogen) atoms. The van der Waals surface area contributed by atoms with Gasteiger partial charge in [-0.2, -0.15) is 16.8 Å². The van der Waals surface area contributed by atoms with Gasteiger partial charge < -0.3 is 26.2 Å². The number of rotatable bonds is 16. The van der Waals surface area contributed by atoms with E-state index < -0.39 is 44.7 Å². The van der Waals surface area contributed by atoms with Crippen molar-refractivity contribution in [1.29, 1.82) is 0 Å². The number of hydrogen-bond acceptors (Lipinski definition) is 20. The lowest BCUT2D eigenvalue weighted by atomic mass is 9.90. The maximum atomic E-state index is 13.6. The number of aryl methyl sites for hydroxylation is 2. The molecule has 2 fully saturated rings. The second-order valence-corrected chi connectivity index (χ2v) is 24.9. The highest BCUT2D eigenvalue weighted by Crippen LogP contribution is 2.38. The molecule has 4 aliphatic rings. The van der Waals surface area contributed by atoms with E-state index in [0.29, 0.717) is 74.8 Å². The smallest absolute Gasteiger partial charge is 0.333 e. The molecule has 0 amide bonds. The van der Waals surface area contributed by atoms with Crippen LogP contribution < -0.4 is 26.2 Å². The van der Waals surface area contributed by atoms with Crippen LogP contribution in [0.4, 0.5) is 11.6 Å². The van der Waals surface area contributed by atoms with Crippen molar-refractivity contribution in [2.75, 3.05) is 36.9 Å². The quantitative estimate of drug-likeness (QED) is 0.0577. The molecule has 10 rings (SSSR count). The van der Waals surface area contributed by atoms with Gasteiger partial charge in [-0.05, 0) is 111 Å². The van der Waals surface area contributed by atoms with Crippen LogP contribution in [0.5, 0.6) is 0 Å². The third-order valence-electron chi connectivity index (χ3n) is 13.8. The fourth-order valence-corrected chi connectivity index (χ4v) is 13.2. The van der Waals surface area contributed by atoms with E-state index in [2.05, 4.69) is 50.3 Å². The molecule has 26 heteroatoms. The highest BCUT2D eigenvalue weighted by atomic mass is 35.5. The number of aliphatic imine (C=N–C) groups is 1. The van der Waals surface area contributed by atoms with Gasteiger partial charge in [-0.3, -0.25) is 22.9 Å². The summed E-state index contributed by atoms with van der Waals surface area (Å²) in [5, 5.41) is 41.9. The Morgan fingerprint density at radius 1 is 0.711 bits per heavy atom. The number of aliphatic hydroxyl groups excluding tert-OH is 2. The number of aliphatic hydroxyl groups is 2. The van der Waals surface area contributed by atoms with Gasteiger partial charge >= 0.3 is 20.6 Å². The molecule has 0 bridgehead atoms. The predicted octanol–water partition coefficient (Wildman–Crippen LogP) is 5.63. The van der Waals surface area contributed by atoms with E-state index in [4.69, 9.17) is 38.5 Å². The minimum Gasteiger partial charge on any atom is -0.393 e. The van der Waals surface area contributed by atoms with Gasteiger partial charge in [0.05, 0.1) is 58.1 Å². The standard InChI is InChI=1S/C25H28ClN5O5S2.C25H26ClN5O5S2/c2*1-13-18(23-19-7-16(26)3-2-14(19)4-5-29-23)9-22(37-13)24(33)20-10-28-12-30-25(20)31-17-6-15(21(32)8-17)11-36-38(27,34)35/h2-3,7,9-10,12,15,17,21,23,29,32H,4-6,8,11H2,1H3,(H2,27,34,35)(H,28,30,31);2-3,7,9-10,12,15,17,21,32H,4-6,8,11H2,1H3,(H2,27,34,35)(H,28,30,31)/t15-,17-,21+,23+;15-,17-,21+/m11/s1. The predicted molar refractivity (Wildman–Crippen MR) is 290 cm³/mol. The van der Waals surface area contributed by atoms with Crippen molar-refractivity contribution < 1.29 is 45.0 Å². The molecular weight excluding hydrogens is 1100 g/mol. The molecule has 6 aromatic rings.